The first-order chi connectivity index (χ1) is 9.10. The number of aromatic amines is 1. The Morgan fingerprint density at radius 3 is 2.58 bits per heavy atom. The van der Waals surface area contributed by atoms with E-state index in [1.54, 1.807) is 31.2 Å². The van der Waals surface area contributed by atoms with E-state index in [1.807, 2.05) is 6.92 Å². The lowest BCUT2D eigenvalue weighted by Crippen LogP contribution is -2.15. The Labute approximate surface area is 110 Å². The lowest BCUT2D eigenvalue weighted by Gasteiger charge is -2.06. The number of rotatable bonds is 3. The van der Waals surface area contributed by atoms with Crippen LogP contribution in [0.25, 0.3) is 5.69 Å². The van der Waals surface area contributed by atoms with Crippen molar-refractivity contribution in [2.75, 3.05) is 11.9 Å². The van der Waals surface area contributed by atoms with Crippen LogP contribution in [0.2, 0.25) is 0 Å². The number of aryl methyl sites for hydroxylation is 1. The minimum absolute atomic E-state index is 0.122. The Bertz CT molecular complexity index is 625. The third kappa shape index (κ3) is 3.04. The molecule has 6 nitrogen and oxygen atoms in total. The van der Waals surface area contributed by atoms with Crippen LogP contribution in [0.1, 0.15) is 12.6 Å². The van der Waals surface area contributed by atoms with Crippen LogP contribution < -0.4 is 10.9 Å². The summed E-state index contributed by atoms with van der Waals surface area (Å²) in [5, 5.41) is 5.52. The number of carbonyl (C=O) groups is 1. The minimum atomic E-state index is -0.497. The summed E-state index contributed by atoms with van der Waals surface area (Å²) in [5.74, 6) is 0. The average Bonchev–Trinajstić information content (AvgIpc) is 2.70. The summed E-state index contributed by atoms with van der Waals surface area (Å²) in [6.45, 7) is 3.87. The van der Waals surface area contributed by atoms with Crippen molar-refractivity contribution in [1.29, 1.82) is 0 Å². The first-order valence-corrected chi connectivity index (χ1v) is 5.93. The molecule has 2 rings (SSSR count). The molecule has 0 radical (unpaired) electrons. The highest BCUT2D eigenvalue weighted by Crippen LogP contribution is 2.12. The average molecular weight is 261 g/mol. The van der Waals surface area contributed by atoms with Gasteiger partial charge < -0.3 is 4.74 Å². The number of nitrogens with one attached hydrogen (secondary N) is 2. The fraction of sp³-hybridized carbons (Fsp3) is 0.231. The molecule has 1 heterocycles. The van der Waals surface area contributed by atoms with Crippen LogP contribution in [0.3, 0.4) is 0 Å². The molecule has 0 atom stereocenters. The lowest BCUT2D eigenvalue weighted by atomic mass is 10.3. The van der Waals surface area contributed by atoms with Gasteiger partial charge >= 0.3 is 6.09 Å². The van der Waals surface area contributed by atoms with E-state index in [2.05, 4.69) is 10.4 Å². The molecule has 1 amide bonds. The van der Waals surface area contributed by atoms with Crippen molar-refractivity contribution < 1.29 is 9.53 Å². The number of benzene rings is 1. The zero-order chi connectivity index (χ0) is 13.8. The van der Waals surface area contributed by atoms with Gasteiger partial charge in [-0.25, -0.2) is 9.48 Å². The van der Waals surface area contributed by atoms with Crippen LogP contribution in [0, 0.1) is 6.92 Å². The molecule has 0 aliphatic rings. The minimum Gasteiger partial charge on any atom is -0.450 e. The molecule has 1 aromatic carbocycles. The second-order valence-corrected chi connectivity index (χ2v) is 4.01. The molecule has 100 valence electrons. The van der Waals surface area contributed by atoms with E-state index >= 15 is 0 Å². The molecule has 0 fully saturated rings. The predicted octanol–water partition coefficient (Wildman–Crippen LogP) is 2.04. The molecule has 0 spiro atoms. The van der Waals surface area contributed by atoms with E-state index < -0.39 is 6.09 Å². The first-order valence-electron chi connectivity index (χ1n) is 5.93. The van der Waals surface area contributed by atoms with Crippen LogP contribution >= 0.6 is 0 Å². The highest BCUT2D eigenvalue weighted by Gasteiger charge is 2.04. The summed E-state index contributed by atoms with van der Waals surface area (Å²) in [6.07, 6.45) is -0.497. The predicted molar refractivity (Wildman–Crippen MR) is 71.8 cm³/mol. The second-order valence-electron chi connectivity index (χ2n) is 4.01. The molecule has 6 heteroatoms. The summed E-state index contributed by atoms with van der Waals surface area (Å²) in [7, 11) is 0. The normalized spacial score (nSPS) is 10.2. The number of amides is 1. The molecule has 1 aromatic heterocycles. The molecule has 2 N–H and O–H groups in total. The summed E-state index contributed by atoms with van der Waals surface area (Å²) in [5.41, 5.74) is 1.98. The Balaban J connectivity index is 2.17. The summed E-state index contributed by atoms with van der Waals surface area (Å²) < 4.78 is 6.21. The van der Waals surface area contributed by atoms with Gasteiger partial charge in [-0.1, -0.05) is 0 Å². The number of nitrogens with zero attached hydrogens (tertiary/aromatic N) is 1. The molecular weight excluding hydrogens is 246 g/mol. The van der Waals surface area contributed by atoms with Crippen LogP contribution in [-0.4, -0.2) is 22.5 Å². The smallest absolute Gasteiger partial charge is 0.411 e. The Morgan fingerprint density at radius 1 is 1.37 bits per heavy atom. The molecule has 19 heavy (non-hydrogen) atoms. The monoisotopic (exact) mass is 261 g/mol. The van der Waals surface area contributed by atoms with Crippen molar-refractivity contribution in [3.05, 3.63) is 46.4 Å². The van der Waals surface area contributed by atoms with Crippen molar-refractivity contribution in [2.24, 2.45) is 0 Å². The Kier molecular flexibility index (Phi) is 3.70. The third-order valence-corrected chi connectivity index (χ3v) is 2.50. The van der Waals surface area contributed by atoms with Gasteiger partial charge in [-0.2, -0.15) is 0 Å². The molecule has 0 unspecified atom stereocenters. The van der Waals surface area contributed by atoms with Gasteiger partial charge in [0.05, 0.1) is 12.3 Å². The lowest BCUT2D eigenvalue weighted by molar-refractivity contribution is 0.168. The summed E-state index contributed by atoms with van der Waals surface area (Å²) >= 11 is 0. The molecule has 0 aliphatic heterocycles. The van der Waals surface area contributed by atoms with Gasteiger partial charge in [-0.3, -0.25) is 15.2 Å². The molecule has 0 aliphatic carbocycles. The number of anilines is 1. The van der Waals surface area contributed by atoms with Gasteiger partial charge in [0.1, 0.15) is 0 Å². The molecular formula is C13H15N3O3. The van der Waals surface area contributed by atoms with E-state index in [0.717, 1.165) is 5.69 Å². The zero-order valence-corrected chi connectivity index (χ0v) is 10.8. The number of carbonyl (C=O) groups excluding carboxylic acids is 1. The van der Waals surface area contributed by atoms with E-state index in [9.17, 15) is 9.59 Å². The van der Waals surface area contributed by atoms with Crippen LogP contribution in [0.15, 0.2) is 35.1 Å². The SMILES string of the molecule is CCOC(=O)Nc1ccc(-n2[nH]c(C)cc2=O)cc1. The van der Waals surface area contributed by atoms with Crippen molar-refractivity contribution in [3.63, 3.8) is 0 Å². The Morgan fingerprint density at radius 2 is 2.05 bits per heavy atom. The Hall–Kier alpha value is -2.50. The van der Waals surface area contributed by atoms with Crippen LogP contribution in [-0.2, 0) is 4.74 Å². The topological polar surface area (TPSA) is 76.1 Å². The van der Waals surface area contributed by atoms with Crippen molar-refractivity contribution in [3.8, 4) is 5.69 Å². The number of hydrogen-bond acceptors (Lipinski definition) is 3. The first kappa shape index (κ1) is 12.9. The second kappa shape index (κ2) is 5.43. The standard InChI is InChI=1S/C13H15N3O3/c1-3-19-13(18)14-10-4-6-11(7-5-10)16-12(17)8-9(2)15-16/h4-8,15H,3H2,1-2H3,(H,14,18). The fourth-order valence-electron chi connectivity index (χ4n) is 1.68. The quantitative estimate of drug-likeness (QED) is 0.887. The summed E-state index contributed by atoms with van der Waals surface area (Å²) in [6, 6.07) is 8.40. The highest BCUT2D eigenvalue weighted by molar-refractivity contribution is 5.84. The molecule has 2 aromatic rings. The van der Waals surface area contributed by atoms with Gasteiger partial charge in [-0.05, 0) is 38.1 Å². The largest absolute Gasteiger partial charge is 0.450 e. The summed E-state index contributed by atoms with van der Waals surface area (Å²) in [4.78, 5) is 22.9. The molecule has 0 saturated heterocycles. The maximum absolute atomic E-state index is 11.6. The number of hydrogen-bond donors (Lipinski definition) is 2. The zero-order valence-electron chi connectivity index (χ0n) is 10.8. The van der Waals surface area contributed by atoms with Crippen molar-refractivity contribution >= 4 is 11.8 Å². The van der Waals surface area contributed by atoms with E-state index in [-0.39, 0.29) is 5.56 Å². The van der Waals surface area contributed by atoms with E-state index in [1.165, 1.54) is 10.7 Å². The maximum atomic E-state index is 11.6. The van der Waals surface area contributed by atoms with Gasteiger partial charge in [0.25, 0.3) is 5.56 Å². The van der Waals surface area contributed by atoms with Crippen LogP contribution in [0.5, 0.6) is 0 Å². The van der Waals surface area contributed by atoms with Gasteiger partial charge in [-0.15, -0.1) is 0 Å². The fourth-order valence-corrected chi connectivity index (χ4v) is 1.68. The van der Waals surface area contributed by atoms with Gasteiger partial charge in [0, 0.05) is 17.4 Å². The number of H-pyrrole nitrogens is 1. The van der Waals surface area contributed by atoms with E-state index in [4.69, 9.17) is 4.74 Å². The van der Waals surface area contributed by atoms with Gasteiger partial charge in [0.2, 0.25) is 0 Å². The third-order valence-electron chi connectivity index (χ3n) is 2.50. The molecule has 0 saturated carbocycles. The van der Waals surface area contributed by atoms with Gasteiger partial charge in [0.15, 0.2) is 0 Å². The van der Waals surface area contributed by atoms with E-state index in [0.29, 0.717) is 18.0 Å². The number of ether oxygens (including phenoxy) is 1. The molecule has 0 bridgehead atoms. The highest BCUT2D eigenvalue weighted by atomic mass is 16.5. The van der Waals surface area contributed by atoms with Crippen molar-refractivity contribution in [1.82, 2.24) is 9.78 Å². The van der Waals surface area contributed by atoms with Crippen molar-refractivity contribution in [2.45, 2.75) is 13.8 Å². The number of aromatic nitrogens is 2. The maximum Gasteiger partial charge on any atom is 0.411 e. The van der Waals surface area contributed by atoms with Crippen LogP contribution in [0.4, 0.5) is 10.5 Å².